The molecule has 0 fully saturated rings. The van der Waals surface area contributed by atoms with Crippen LogP contribution in [0.2, 0.25) is 0 Å². The molecule has 0 saturated heterocycles. The van der Waals surface area contributed by atoms with Crippen molar-refractivity contribution in [2.45, 2.75) is 0 Å². The van der Waals surface area contributed by atoms with Gasteiger partial charge in [-0.05, 0) is 23.8 Å². The second-order valence-corrected chi connectivity index (χ2v) is 8.66. The van der Waals surface area contributed by atoms with E-state index in [1.165, 1.54) is 0 Å². The maximum atomic E-state index is 5.64. The Labute approximate surface area is 252 Å². The number of benzene rings is 3. The van der Waals surface area contributed by atoms with Gasteiger partial charge in [0.2, 0.25) is 11.2 Å². The molecule has 0 radical (unpaired) electrons. The van der Waals surface area contributed by atoms with Crippen molar-refractivity contribution in [2.75, 3.05) is 42.7 Å². The van der Waals surface area contributed by atoms with Crippen LogP contribution in [0.1, 0.15) is 22.4 Å². The molecule has 40 heavy (non-hydrogen) atoms. The van der Waals surface area contributed by atoms with Crippen molar-refractivity contribution in [3.05, 3.63) is 77.0 Å². The third-order valence-corrected chi connectivity index (χ3v) is 6.62. The monoisotopic (exact) mass is 655 g/mol. The number of ether oxygens (including phenoxy) is 6. The average Bonchev–Trinajstić information content (AvgIpc) is 2.99. The van der Waals surface area contributed by atoms with Gasteiger partial charge in [0.1, 0.15) is 41.5 Å². The van der Waals surface area contributed by atoms with E-state index < -0.39 is 0 Å². The van der Waals surface area contributed by atoms with Crippen molar-refractivity contribution in [1.29, 1.82) is 0 Å². The van der Waals surface area contributed by atoms with Crippen molar-refractivity contribution in [3.8, 4) is 34.5 Å². The van der Waals surface area contributed by atoms with Crippen molar-refractivity contribution < 1.29 is 57.0 Å². The van der Waals surface area contributed by atoms with E-state index in [1.807, 2.05) is 61.7 Å². The van der Waals surface area contributed by atoms with Crippen LogP contribution in [-0.4, -0.2) is 42.7 Å². The predicted molar refractivity (Wildman–Crippen MR) is 155 cm³/mol. The van der Waals surface area contributed by atoms with Crippen LogP contribution in [-0.2, 0) is 7.05 Å². The Balaban J connectivity index is 0.00000441. The Bertz CT molecular complexity index is 1500. The van der Waals surface area contributed by atoms with Crippen molar-refractivity contribution >= 4 is 35.2 Å². The molecular formula is C32H34INO6. The van der Waals surface area contributed by atoms with Crippen LogP contribution in [0.5, 0.6) is 34.5 Å². The Morgan fingerprint density at radius 3 is 1.45 bits per heavy atom. The molecule has 0 saturated carbocycles. The van der Waals surface area contributed by atoms with E-state index in [0.717, 1.165) is 33.3 Å². The van der Waals surface area contributed by atoms with Gasteiger partial charge in [0.15, 0.2) is 0 Å². The first-order valence-electron chi connectivity index (χ1n) is 12.4. The lowest BCUT2D eigenvalue weighted by Crippen LogP contribution is -3.00. The van der Waals surface area contributed by atoms with E-state index in [0.29, 0.717) is 34.5 Å². The number of nitrogens with zero attached hydrogens (tertiary/aromatic N) is 1. The van der Waals surface area contributed by atoms with Crippen LogP contribution in [0, 0.1) is 0 Å². The number of aromatic nitrogens is 1. The highest BCUT2D eigenvalue weighted by Gasteiger charge is 2.16. The smallest absolute Gasteiger partial charge is 0.213 e. The molecule has 1 aromatic heterocycles. The number of fused-ring (bicyclic) bond motifs is 1. The molecule has 0 spiro atoms. The molecule has 0 amide bonds. The normalized spacial score (nSPS) is 11.0. The van der Waals surface area contributed by atoms with Crippen molar-refractivity contribution in [1.82, 2.24) is 0 Å². The van der Waals surface area contributed by atoms with Crippen LogP contribution in [0.3, 0.4) is 0 Å². The fraction of sp³-hybridized carbons (Fsp3) is 0.219. The lowest BCUT2D eigenvalue weighted by Gasteiger charge is -2.13. The summed E-state index contributed by atoms with van der Waals surface area (Å²) >= 11 is 0. The molecule has 7 nitrogen and oxygen atoms in total. The lowest BCUT2D eigenvalue weighted by molar-refractivity contribution is -0.646. The standard InChI is InChI=1S/C32H34NO6.HI/c1-33-22(13-15-27-31(38-6)19-24(35-3)20-32(27)39-7)16-21(25-10-8-9-11-28(25)33)12-14-26-29(36-4)17-23(34-2)18-30(26)37-5;/h8-20H,1-7H3;1H/q+1;/p-1/b14-12+,15-13-;. The minimum Gasteiger partial charge on any atom is -1.00 e. The van der Waals surface area contributed by atoms with E-state index >= 15 is 0 Å². The minimum absolute atomic E-state index is 0. The van der Waals surface area contributed by atoms with Crippen molar-refractivity contribution in [3.63, 3.8) is 0 Å². The van der Waals surface area contributed by atoms with Gasteiger partial charge in [-0.15, -0.1) is 0 Å². The molecular weight excluding hydrogens is 621 g/mol. The number of hydrogen-bond acceptors (Lipinski definition) is 6. The molecule has 3 aromatic carbocycles. The summed E-state index contributed by atoms with van der Waals surface area (Å²) in [5.74, 6) is 3.96. The minimum atomic E-state index is 0. The summed E-state index contributed by atoms with van der Waals surface area (Å²) in [7, 11) is 11.8. The highest BCUT2D eigenvalue weighted by atomic mass is 127. The average molecular weight is 656 g/mol. The van der Waals surface area contributed by atoms with Gasteiger partial charge in [0.25, 0.3) is 0 Å². The topological polar surface area (TPSA) is 59.3 Å². The highest BCUT2D eigenvalue weighted by molar-refractivity contribution is 5.91. The van der Waals surface area contributed by atoms with Crippen LogP contribution >= 0.6 is 0 Å². The molecule has 0 bridgehead atoms. The van der Waals surface area contributed by atoms with Gasteiger partial charge in [-0.2, -0.15) is 4.57 Å². The van der Waals surface area contributed by atoms with E-state index in [1.54, 1.807) is 42.7 Å². The molecule has 0 aliphatic rings. The van der Waals surface area contributed by atoms with Gasteiger partial charge >= 0.3 is 0 Å². The van der Waals surface area contributed by atoms with Crippen LogP contribution in [0.4, 0.5) is 0 Å². The third kappa shape index (κ3) is 6.28. The van der Waals surface area contributed by atoms with Gasteiger partial charge in [-0.1, -0.05) is 18.2 Å². The van der Waals surface area contributed by atoms with Crippen LogP contribution < -0.4 is 57.0 Å². The number of para-hydroxylation sites is 1. The maximum absolute atomic E-state index is 5.64. The molecule has 8 heteroatoms. The van der Waals surface area contributed by atoms with Gasteiger partial charge in [-0.3, -0.25) is 0 Å². The molecule has 0 aliphatic carbocycles. The zero-order chi connectivity index (χ0) is 27.9. The van der Waals surface area contributed by atoms with E-state index in [-0.39, 0.29) is 24.0 Å². The Hall–Kier alpha value is -3.92. The van der Waals surface area contributed by atoms with E-state index in [9.17, 15) is 0 Å². The molecule has 4 aromatic rings. The molecule has 0 unspecified atom stereocenters. The zero-order valence-electron chi connectivity index (χ0n) is 23.8. The second-order valence-electron chi connectivity index (χ2n) is 8.66. The number of hydrogen-bond donors (Lipinski definition) is 0. The summed E-state index contributed by atoms with van der Waals surface area (Å²) in [4.78, 5) is 0. The molecule has 1 heterocycles. The predicted octanol–water partition coefficient (Wildman–Crippen LogP) is 3.06. The molecule has 0 atom stereocenters. The van der Waals surface area contributed by atoms with Gasteiger partial charge < -0.3 is 52.4 Å². The largest absolute Gasteiger partial charge is 1.00 e. The number of rotatable bonds is 10. The summed E-state index contributed by atoms with van der Waals surface area (Å²) in [6.07, 6.45) is 8.11. The fourth-order valence-electron chi connectivity index (χ4n) is 4.52. The first-order valence-corrected chi connectivity index (χ1v) is 12.4. The molecule has 0 aliphatic heterocycles. The van der Waals surface area contributed by atoms with Crippen LogP contribution in [0.25, 0.3) is 35.2 Å². The highest BCUT2D eigenvalue weighted by Crippen LogP contribution is 2.37. The number of aryl methyl sites for hydroxylation is 1. The first-order chi connectivity index (χ1) is 19.0. The third-order valence-electron chi connectivity index (χ3n) is 6.62. The summed E-state index contributed by atoms with van der Waals surface area (Å²) in [6, 6.07) is 17.8. The Morgan fingerprint density at radius 1 is 0.550 bits per heavy atom. The van der Waals surface area contributed by atoms with Crippen molar-refractivity contribution in [2.24, 2.45) is 7.05 Å². The molecule has 0 N–H and O–H groups in total. The van der Waals surface area contributed by atoms with E-state index in [4.69, 9.17) is 28.4 Å². The first kappa shape index (κ1) is 30.6. The molecule has 4 rings (SSSR count). The van der Waals surface area contributed by atoms with Crippen LogP contribution in [0.15, 0.2) is 54.6 Å². The Morgan fingerprint density at radius 2 is 1.00 bits per heavy atom. The number of halogens is 1. The lowest BCUT2D eigenvalue weighted by atomic mass is 10.0. The number of methoxy groups -OCH3 is 6. The summed E-state index contributed by atoms with van der Waals surface area (Å²) < 4.78 is 35.5. The molecule has 210 valence electrons. The fourth-order valence-corrected chi connectivity index (χ4v) is 4.52. The van der Waals surface area contributed by atoms with Gasteiger partial charge in [-0.25, -0.2) is 0 Å². The second kappa shape index (κ2) is 13.9. The van der Waals surface area contributed by atoms with Gasteiger partial charge in [0, 0.05) is 42.5 Å². The quantitative estimate of drug-likeness (QED) is 0.194. The summed E-state index contributed by atoms with van der Waals surface area (Å²) in [5.41, 5.74) is 4.75. The maximum Gasteiger partial charge on any atom is 0.213 e. The zero-order valence-corrected chi connectivity index (χ0v) is 25.9. The SMILES string of the molecule is COc1cc(OC)c(/C=C\c2cc(/C=C/c3c(OC)cc(OC)cc3OC)c3ccccc3[n+]2C)c(OC)c1.[I-]. The number of pyridine rings is 1. The summed E-state index contributed by atoms with van der Waals surface area (Å²) in [6.45, 7) is 0. The Kier molecular flexibility index (Phi) is 10.7. The van der Waals surface area contributed by atoms with Gasteiger partial charge in [0.05, 0.1) is 59.2 Å². The summed E-state index contributed by atoms with van der Waals surface area (Å²) in [5, 5.41) is 1.11. The van der Waals surface area contributed by atoms with E-state index in [2.05, 4.69) is 28.8 Å².